The zero-order chi connectivity index (χ0) is 35.0. The summed E-state index contributed by atoms with van der Waals surface area (Å²) in [6.45, 7) is 25.3. The number of morpholine rings is 1. The van der Waals surface area contributed by atoms with Gasteiger partial charge in [0.25, 0.3) is 0 Å². The summed E-state index contributed by atoms with van der Waals surface area (Å²) >= 11 is 0. The molecular weight excluding hydrogens is 611 g/mol. The third-order valence-electron chi connectivity index (χ3n) is 17.3. The van der Waals surface area contributed by atoms with Crippen molar-refractivity contribution < 1.29 is 19.0 Å². The average Bonchev–Trinajstić information content (AvgIpc) is 3.45. The molecule has 7 aliphatic rings. The molecule has 0 bridgehead atoms. The first-order valence-corrected chi connectivity index (χ1v) is 20.1. The molecule has 2 N–H and O–H groups in total. The van der Waals surface area contributed by atoms with Gasteiger partial charge in [0.15, 0.2) is 0 Å². The summed E-state index contributed by atoms with van der Waals surface area (Å²) in [4.78, 5) is 14.6. The molecule has 0 aromatic heterocycles. The summed E-state index contributed by atoms with van der Waals surface area (Å²) in [7, 11) is 0. The summed E-state index contributed by atoms with van der Waals surface area (Å²) in [5.41, 5.74) is 3.99. The third-order valence-corrected chi connectivity index (χ3v) is 17.3. The minimum atomic E-state index is -1.24. The fourth-order valence-corrected chi connectivity index (χ4v) is 14.4. The Kier molecular flexibility index (Phi) is 9.21. The molecule has 6 aliphatic carbocycles. The van der Waals surface area contributed by atoms with Gasteiger partial charge in [-0.25, -0.2) is 4.39 Å². The molecule has 274 valence electrons. The van der Waals surface area contributed by atoms with E-state index in [0.29, 0.717) is 53.8 Å². The van der Waals surface area contributed by atoms with Crippen molar-refractivity contribution in [3.8, 4) is 0 Å². The van der Waals surface area contributed by atoms with Crippen LogP contribution < -0.4 is 5.32 Å². The first-order valence-electron chi connectivity index (χ1n) is 20.1. The molecule has 4 saturated carbocycles. The van der Waals surface area contributed by atoms with E-state index in [1.807, 2.05) is 0 Å². The van der Waals surface area contributed by atoms with Crippen molar-refractivity contribution in [3.05, 3.63) is 35.5 Å². The van der Waals surface area contributed by atoms with E-state index in [1.165, 1.54) is 68.1 Å². The lowest BCUT2D eigenvalue weighted by atomic mass is 9.33. The number of hydrogen-bond donors (Lipinski definition) is 2. The zero-order valence-electron chi connectivity index (χ0n) is 31.8. The van der Waals surface area contributed by atoms with E-state index in [4.69, 9.17) is 4.74 Å². The number of carbonyl (C=O) groups is 1. The van der Waals surface area contributed by atoms with Gasteiger partial charge in [0.05, 0.1) is 18.6 Å². The number of ether oxygens (including phenoxy) is 1. The van der Waals surface area contributed by atoms with Gasteiger partial charge in [-0.1, -0.05) is 58.9 Å². The predicted octanol–water partition coefficient (Wildman–Crippen LogP) is 9.01. The van der Waals surface area contributed by atoms with Gasteiger partial charge < -0.3 is 15.2 Å². The van der Waals surface area contributed by atoms with Crippen LogP contribution in [-0.4, -0.2) is 67.6 Å². The van der Waals surface area contributed by atoms with E-state index < -0.39 is 18.1 Å². The van der Waals surface area contributed by atoms with Crippen molar-refractivity contribution in [3.63, 3.8) is 0 Å². The fraction of sp³-hybridized carbons (Fsp3) is 0.837. The summed E-state index contributed by atoms with van der Waals surface area (Å²) < 4.78 is 19.6. The van der Waals surface area contributed by atoms with Gasteiger partial charge in [0.2, 0.25) is 0 Å². The Balaban J connectivity index is 1.15. The van der Waals surface area contributed by atoms with Crippen LogP contribution in [0.5, 0.6) is 0 Å². The fourth-order valence-electron chi connectivity index (χ4n) is 14.4. The lowest BCUT2D eigenvalue weighted by Crippen LogP contribution is -2.68. The Labute approximate surface area is 297 Å². The molecule has 5 fully saturated rings. The summed E-state index contributed by atoms with van der Waals surface area (Å²) in [5, 5.41) is 14.1. The number of allylic oxidation sites excluding steroid dienone is 5. The van der Waals surface area contributed by atoms with Crippen molar-refractivity contribution in [1.29, 1.82) is 0 Å². The number of halogens is 1. The van der Waals surface area contributed by atoms with Crippen LogP contribution in [0.1, 0.15) is 119 Å². The topological polar surface area (TPSA) is 61.8 Å². The van der Waals surface area contributed by atoms with Gasteiger partial charge in [-0.15, -0.1) is 0 Å². The van der Waals surface area contributed by atoms with E-state index in [1.54, 1.807) is 0 Å². The Morgan fingerprint density at radius 3 is 2.37 bits per heavy atom. The molecule has 0 unspecified atom stereocenters. The summed E-state index contributed by atoms with van der Waals surface area (Å²) in [5.74, 6) is 2.31. The number of fused-ring (bicyclic) bond motifs is 7. The average molecular weight is 679 g/mol. The normalized spacial score (nSPS) is 46.4. The Morgan fingerprint density at radius 1 is 0.959 bits per heavy atom. The number of alkyl halides is 1. The second-order valence-electron chi connectivity index (χ2n) is 19.4. The maximum atomic E-state index is 14.0. The highest BCUT2D eigenvalue weighted by Gasteiger charge is 2.70. The molecule has 0 amide bonds. The molecule has 0 aromatic carbocycles. The van der Waals surface area contributed by atoms with Gasteiger partial charge in [-0.3, -0.25) is 9.69 Å². The molecule has 1 saturated heterocycles. The quantitative estimate of drug-likeness (QED) is 0.251. The number of rotatable bonds is 8. The largest absolute Gasteiger partial charge is 0.481 e. The van der Waals surface area contributed by atoms with E-state index in [9.17, 15) is 14.3 Å². The number of aliphatic carboxylic acids is 1. The van der Waals surface area contributed by atoms with Crippen LogP contribution in [0.3, 0.4) is 0 Å². The number of nitrogens with one attached hydrogen (secondary N) is 1. The number of carboxylic acid groups (broad SMARTS) is 1. The van der Waals surface area contributed by atoms with Crippen LogP contribution >= 0.6 is 0 Å². The van der Waals surface area contributed by atoms with E-state index in [2.05, 4.69) is 70.5 Å². The minimum absolute atomic E-state index is 0.0134. The smallest absolute Gasteiger partial charge is 0.312 e. The summed E-state index contributed by atoms with van der Waals surface area (Å²) in [6.07, 6.45) is 17.5. The Hall–Kier alpha value is -1.50. The predicted molar refractivity (Wildman–Crippen MR) is 196 cm³/mol. The Bertz CT molecular complexity index is 1380. The van der Waals surface area contributed by atoms with Crippen LogP contribution in [0, 0.1) is 56.7 Å². The summed E-state index contributed by atoms with van der Waals surface area (Å²) in [6, 6.07) is 0. The molecule has 1 aliphatic heterocycles. The maximum absolute atomic E-state index is 14.0. The minimum Gasteiger partial charge on any atom is -0.481 e. The monoisotopic (exact) mass is 679 g/mol. The molecule has 0 spiro atoms. The zero-order valence-corrected chi connectivity index (χ0v) is 31.8. The van der Waals surface area contributed by atoms with Crippen molar-refractivity contribution >= 4 is 5.97 Å². The van der Waals surface area contributed by atoms with Gasteiger partial charge >= 0.3 is 5.97 Å². The molecule has 0 aromatic rings. The van der Waals surface area contributed by atoms with Gasteiger partial charge in [-0.2, -0.15) is 0 Å². The molecular formula is C43H67FN2O3. The molecule has 10 atom stereocenters. The highest BCUT2D eigenvalue weighted by molar-refractivity contribution is 5.75. The van der Waals surface area contributed by atoms with Crippen molar-refractivity contribution in [2.45, 2.75) is 124 Å². The lowest BCUT2D eigenvalue weighted by Gasteiger charge is -2.72. The van der Waals surface area contributed by atoms with Gasteiger partial charge in [0, 0.05) is 31.7 Å². The lowest BCUT2D eigenvalue weighted by molar-refractivity contribution is -0.221. The van der Waals surface area contributed by atoms with E-state index in [0.717, 1.165) is 51.7 Å². The van der Waals surface area contributed by atoms with Crippen LogP contribution in [-0.2, 0) is 9.53 Å². The molecule has 0 radical (unpaired) electrons. The molecule has 1 heterocycles. The molecule has 7 rings (SSSR count). The highest BCUT2D eigenvalue weighted by Crippen LogP contribution is 2.76. The van der Waals surface area contributed by atoms with E-state index in [-0.39, 0.29) is 16.4 Å². The van der Waals surface area contributed by atoms with Crippen molar-refractivity contribution in [2.24, 2.45) is 56.7 Å². The van der Waals surface area contributed by atoms with Crippen molar-refractivity contribution in [2.75, 3.05) is 46.1 Å². The number of nitrogens with zero attached hydrogens (tertiary/aromatic N) is 1. The first kappa shape index (κ1) is 35.9. The first-order chi connectivity index (χ1) is 23.2. The molecule has 49 heavy (non-hydrogen) atoms. The maximum Gasteiger partial charge on any atom is 0.312 e. The van der Waals surface area contributed by atoms with Crippen LogP contribution in [0.4, 0.5) is 4.39 Å². The standard InChI is InChI=1S/C43H67FN2O3/c1-29(2)31-12-19-43(45-22-23-46-24-26-49-27-25-46)21-20-40(6)33(36(31)43)8-9-35-39(5)15-13-32(38(3,4)34(39)14-16-41(35,40)7)30-10-17-42(28-44,18-11-30)37(47)48/h10,13,31,33-36,45H,1,8-9,11-12,14-28H2,2-7H3,(H,47,48)/t31-,33+,34-,35+,36+,39-,40+,41+,42-,43-/m0/s1. The highest BCUT2D eigenvalue weighted by atomic mass is 19.1. The van der Waals surface area contributed by atoms with Gasteiger partial charge in [-0.05, 0) is 146 Å². The second-order valence-corrected chi connectivity index (χ2v) is 19.4. The van der Waals surface area contributed by atoms with Crippen LogP contribution in [0.25, 0.3) is 0 Å². The van der Waals surface area contributed by atoms with Gasteiger partial charge in [0.1, 0.15) is 6.67 Å². The second kappa shape index (κ2) is 12.6. The third kappa shape index (κ3) is 5.33. The van der Waals surface area contributed by atoms with E-state index >= 15 is 0 Å². The van der Waals surface area contributed by atoms with Crippen molar-refractivity contribution in [1.82, 2.24) is 10.2 Å². The van der Waals surface area contributed by atoms with Crippen LogP contribution in [0.2, 0.25) is 0 Å². The number of hydrogen-bond acceptors (Lipinski definition) is 4. The SMILES string of the molecule is C=C(C)[C@@H]1CC[C@]2(NCCN3CCOCC3)CC[C@]3(C)[C@H](CC[C@@H]4[C@@]5(C)CC=C(C6=CC[C@](CF)(C(=O)O)CC6)C(C)(C)[C@@H]5CC[C@]43C)[C@@H]12. The van der Waals surface area contributed by atoms with Crippen LogP contribution in [0.15, 0.2) is 35.5 Å². The Morgan fingerprint density at radius 2 is 1.71 bits per heavy atom. The number of carboxylic acids is 1. The molecule has 5 nitrogen and oxygen atoms in total. The molecule has 6 heteroatoms.